The molecule has 92 valence electrons. The summed E-state index contributed by atoms with van der Waals surface area (Å²) in [5, 5.41) is 20.0. The molecule has 0 spiro atoms. The molecule has 1 fully saturated rings. The van der Waals surface area contributed by atoms with Crippen LogP contribution in [-0.4, -0.2) is 22.5 Å². The van der Waals surface area contributed by atoms with Gasteiger partial charge in [-0.1, -0.05) is 0 Å². The van der Waals surface area contributed by atoms with E-state index in [2.05, 4.69) is 0 Å². The molecule has 3 N–H and O–H groups in total. The lowest BCUT2D eigenvalue weighted by molar-refractivity contribution is -0.386. The Labute approximate surface area is 95.0 Å². The summed E-state index contributed by atoms with van der Waals surface area (Å²) in [7, 11) is 0. The second kappa shape index (κ2) is 3.36. The zero-order chi connectivity index (χ0) is 12.8. The van der Waals surface area contributed by atoms with Gasteiger partial charge in [0.2, 0.25) is 0 Å². The first-order chi connectivity index (χ1) is 7.84. The molecule has 1 aliphatic carbocycles. The Bertz CT molecular complexity index is 492. The summed E-state index contributed by atoms with van der Waals surface area (Å²) in [6.45, 7) is -0.399. The van der Waals surface area contributed by atoms with Crippen molar-refractivity contribution in [3.63, 3.8) is 0 Å². The van der Waals surface area contributed by atoms with Crippen LogP contribution in [0.3, 0.4) is 0 Å². The lowest BCUT2D eigenvalue weighted by Crippen LogP contribution is -2.27. The van der Waals surface area contributed by atoms with Crippen molar-refractivity contribution in [3.05, 3.63) is 33.9 Å². The Morgan fingerprint density at radius 2 is 2.12 bits per heavy atom. The van der Waals surface area contributed by atoms with Crippen LogP contribution >= 0.6 is 0 Å². The molecule has 0 radical (unpaired) electrons. The van der Waals surface area contributed by atoms with Gasteiger partial charge in [-0.25, -0.2) is 8.78 Å². The van der Waals surface area contributed by atoms with Crippen LogP contribution in [0.4, 0.5) is 14.5 Å². The number of alkyl halides is 2. The maximum absolute atomic E-state index is 13.3. The van der Waals surface area contributed by atoms with Crippen molar-refractivity contribution in [2.75, 3.05) is 6.54 Å². The van der Waals surface area contributed by atoms with Crippen molar-refractivity contribution in [1.82, 2.24) is 0 Å². The van der Waals surface area contributed by atoms with Crippen molar-refractivity contribution in [3.8, 4) is 5.75 Å². The molecule has 1 atom stereocenters. The maximum Gasteiger partial charge on any atom is 0.273 e. The smallest absolute Gasteiger partial charge is 0.273 e. The molecule has 1 aromatic rings. The minimum Gasteiger partial charge on any atom is -0.508 e. The van der Waals surface area contributed by atoms with Gasteiger partial charge in [0, 0.05) is 24.6 Å². The number of nitrogens with zero attached hydrogens (tertiary/aromatic N) is 1. The molecule has 1 unspecified atom stereocenters. The van der Waals surface area contributed by atoms with Crippen LogP contribution in [0.25, 0.3) is 0 Å². The molecular weight excluding hydrogens is 234 g/mol. The van der Waals surface area contributed by atoms with E-state index in [1.54, 1.807) is 0 Å². The zero-order valence-electron chi connectivity index (χ0n) is 8.69. The minimum atomic E-state index is -3.06. The Morgan fingerprint density at radius 1 is 1.53 bits per heavy atom. The Kier molecular flexibility index (Phi) is 2.32. The quantitative estimate of drug-likeness (QED) is 0.623. The van der Waals surface area contributed by atoms with Gasteiger partial charge in [0.1, 0.15) is 5.75 Å². The summed E-state index contributed by atoms with van der Waals surface area (Å²) in [6, 6.07) is 3.09. The summed E-state index contributed by atoms with van der Waals surface area (Å²) in [6.07, 6.45) is -0.527. The molecule has 0 heterocycles. The van der Waals surface area contributed by atoms with Crippen LogP contribution in [0.2, 0.25) is 0 Å². The van der Waals surface area contributed by atoms with E-state index < -0.39 is 34.9 Å². The van der Waals surface area contributed by atoms with E-state index in [4.69, 9.17) is 5.73 Å². The van der Waals surface area contributed by atoms with E-state index in [0.29, 0.717) is 0 Å². The Hall–Kier alpha value is -1.76. The zero-order valence-corrected chi connectivity index (χ0v) is 8.69. The molecule has 1 aromatic carbocycles. The average Bonchev–Trinajstić information content (AvgIpc) is 2.81. The van der Waals surface area contributed by atoms with Gasteiger partial charge in [0.25, 0.3) is 11.6 Å². The van der Waals surface area contributed by atoms with Crippen LogP contribution in [-0.2, 0) is 5.41 Å². The molecule has 0 aromatic heterocycles. The fourth-order valence-electron chi connectivity index (χ4n) is 2.03. The summed E-state index contributed by atoms with van der Waals surface area (Å²) >= 11 is 0. The Morgan fingerprint density at radius 3 is 2.53 bits per heavy atom. The van der Waals surface area contributed by atoms with Crippen molar-refractivity contribution in [2.24, 2.45) is 5.73 Å². The van der Waals surface area contributed by atoms with E-state index in [9.17, 15) is 24.0 Å². The fraction of sp³-hybridized carbons (Fsp3) is 0.400. The second-order valence-corrected chi connectivity index (χ2v) is 4.13. The number of hydrogen-bond acceptors (Lipinski definition) is 4. The predicted molar refractivity (Wildman–Crippen MR) is 55.1 cm³/mol. The van der Waals surface area contributed by atoms with Gasteiger partial charge in [0.15, 0.2) is 0 Å². The maximum atomic E-state index is 13.3. The van der Waals surface area contributed by atoms with Crippen molar-refractivity contribution < 1.29 is 18.8 Å². The number of hydrogen-bond donors (Lipinski definition) is 2. The van der Waals surface area contributed by atoms with E-state index in [1.807, 2.05) is 0 Å². The van der Waals surface area contributed by atoms with Crippen LogP contribution in [0.5, 0.6) is 5.75 Å². The third-order valence-corrected chi connectivity index (χ3v) is 3.14. The standard InChI is InChI=1S/C10H10F2N2O3/c11-10(12)4-9(10,5-13)7-3-6(15)1-2-8(7)14(16)17/h1-3,15H,4-5,13H2. The first-order valence-corrected chi connectivity index (χ1v) is 4.90. The molecule has 0 aliphatic heterocycles. The molecule has 2 rings (SSSR count). The third kappa shape index (κ3) is 1.54. The van der Waals surface area contributed by atoms with Crippen LogP contribution < -0.4 is 5.73 Å². The topological polar surface area (TPSA) is 89.4 Å². The molecule has 1 saturated carbocycles. The number of benzene rings is 1. The summed E-state index contributed by atoms with van der Waals surface area (Å²) in [5.41, 5.74) is 2.96. The highest BCUT2D eigenvalue weighted by atomic mass is 19.3. The number of nitro groups is 1. The normalized spacial score (nSPS) is 25.6. The second-order valence-electron chi connectivity index (χ2n) is 4.13. The number of halogens is 2. The van der Waals surface area contributed by atoms with E-state index in [0.717, 1.165) is 18.2 Å². The highest BCUT2D eigenvalue weighted by molar-refractivity contribution is 5.54. The number of phenolic OH excluding ortho intramolecular Hbond substituents is 1. The van der Waals surface area contributed by atoms with Crippen LogP contribution in [0, 0.1) is 10.1 Å². The molecule has 0 saturated heterocycles. The molecule has 5 nitrogen and oxygen atoms in total. The van der Waals surface area contributed by atoms with Gasteiger partial charge in [-0.2, -0.15) is 0 Å². The summed E-state index contributed by atoms with van der Waals surface area (Å²) in [4.78, 5) is 10.0. The first-order valence-electron chi connectivity index (χ1n) is 4.90. The van der Waals surface area contributed by atoms with Gasteiger partial charge < -0.3 is 10.8 Å². The lowest BCUT2D eigenvalue weighted by atomic mass is 9.93. The first kappa shape index (κ1) is 11.7. The van der Waals surface area contributed by atoms with Gasteiger partial charge in [-0.15, -0.1) is 0 Å². The minimum absolute atomic E-state index is 0.199. The number of rotatable bonds is 3. The summed E-state index contributed by atoms with van der Waals surface area (Å²) in [5.74, 6) is -3.35. The van der Waals surface area contributed by atoms with Gasteiger partial charge in [-0.05, 0) is 12.1 Å². The largest absolute Gasteiger partial charge is 0.508 e. The van der Waals surface area contributed by atoms with E-state index >= 15 is 0 Å². The molecule has 1 aliphatic rings. The van der Waals surface area contributed by atoms with Gasteiger partial charge >= 0.3 is 0 Å². The molecule has 0 bridgehead atoms. The monoisotopic (exact) mass is 244 g/mol. The van der Waals surface area contributed by atoms with E-state index in [1.165, 1.54) is 0 Å². The number of aromatic hydroxyl groups is 1. The lowest BCUT2D eigenvalue weighted by Gasteiger charge is -2.14. The molecular formula is C10H10F2N2O3. The fourth-order valence-corrected chi connectivity index (χ4v) is 2.03. The van der Waals surface area contributed by atoms with Crippen molar-refractivity contribution in [1.29, 1.82) is 0 Å². The van der Waals surface area contributed by atoms with Crippen molar-refractivity contribution in [2.45, 2.75) is 17.8 Å². The number of nitrogens with two attached hydrogens (primary N) is 1. The van der Waals surface area contributed by atoms with Gasteiger partial charge in [-0.3, -0.25) is 10.1 Å². The van der Waals surface area contributed by atoms with Crippen LogP contribution in [0.15, 0.2) is 18.2 Å². The van der Waals surface area contributed by atoms with Crippen LogP contribution in [0.1, 0.15) is 12.0 Å². The molecule has 0 amide bonds. The third-order valence-electron chi connectivity index (χ3n) is 3.14. The summed E-state index contributed by atoms with van der Waals surface area (Å²) < 4.78 is 26.7. The average molecular weight is 244 g/mol. The predicted octanol–water partition coefficient (Wildman–Crippen LogP) is 1.54. The van der Waals surface area contributed by atoms with E-state index in [-0.39, 0.29) is 11.3 Å². The van der Waals surface area contributed by atoms with Gasteiger partial charge in [0.05, 0.1) is 10.3 Å². The number of nitro benzene ring substituents is 1. The highest BCUT2D eigenvalue weighted by Crippen LogP contribution is 2.62. The highest BCUT2D eigenvalue weighted by Gasteiger charge is 2.72. The SMILES string of the molecule is NCC1(c2cc(O)ccc2[N+](=O)[O-])CC1(F)F. The molecule has 7 heteroatoms. The molecule has 17 heavy (non-hydrogen) atoms. The Balaban J connectivity index is 2.59. The van der Waals surface area contributed by atoms with Crippen molar-refractivity contribution >= 4 is 5.69 Å². The number of phenols is 1.